The van der Waals surface area contributed by atoms with Crippen molar-refractivity contribution < 1.29 is 19.8 Å². The lowest BCUT2D eigenvalue weighted by molar-refractivity contribution is -0.143. The van der Waals surface area contributed by atoms with Gasteiger partial charge in [0.05, 0.1) is 5.92 Å². The van der Waals surface area contributed by atoms with E-state index in [1.807, 2.05) is 0 Å². The molecule has 7 heteroatoms. The summed E-state index contributed by atoms with van der Waals surface area (Å²) in [4.78, 5) is 38.0. The molecule has 2 unspecified atom stereocenters. The lowest BCUT2D eigenvalue weighted by Crippen LogP contribution is -2.47. The van der Waals surface area contributed by atoms with Crippen molar-refractivity contribution in [3.63, 3.8) is 0 Å². The van der Waals surface area contributed by atoms with Gasteiger partial charge in [-0.3, -0.25) is 14.4 Å². The number of unbranched alkanes of at least 4 members (excludes halogenated alkanes) is 1. The number of nitrogens with one attached hydrogen (secondary N) is 1. The highest BCUT2D eigenvalue weighted by molar-refractivity contribution is 5.97. The third-order valence-electron chi connectivity index (χ3n) is 6.61. The molecule has 2 aliphatic carbocycles. The minimum Gasteiger partial charge on any atom is -0.507 e. The van der Waals surface area contributed by atoms with Gasteiger partial charge in [-0.15, -0.1) is 0 Å². The zero-order chi connectivity index (χ0) is 21.7. The highest BCUT2D eigenvalue weighted by atomic mass is 16.4. The van der Waals surface area contributed by atoms with Crippen LogP contribution in [0.3, 0.4) is 0 Å². The third-order valence-corrected chi connectivity index (χ3v) is 6.61. The van der Waals surface area contributed by atoms with E-state index in [1.165, 1.54) is 0 Å². The number of amides is 1. The maximum atomic E-state index is 13.3. The summed E-state index contributed by atoms with van der Waals surface area (Å²) in [5.41, 5.74) is 0.901. The lowest BCUT2D eigenvalue weighted by atomic mass is 9.84. The molecule has 3 N–H and O–H groups in total. The number of fused-ring (bicyclic) bond motifs is 1. The number of aliphatic carboxylic acids is 1. The van der Waals surface area contributed by atoms with Crippen molar-refractivity contribution in [2.45, 2.75) is 96.6 Å². The van der Waals surface area contributed by atoms with Gasteiger partial charge in [-0.05, 0) is 44.9 Å². The number of pyridine rings is 1. The van der Waals surface area contributed by atoms with Crippen LogP contribution in [0.25, 0.3) is 0 Å². The van der Waals surface area contributed by atoms with E-state index in [2.05, 4.69) is 12.2 Å². The van der Waals surface area contributed by atoms with Crippen LogP contribution in [0.5, 0.6) is 5.75 Å². The molecule has 1 heterocycles. The molecule has 0 radical (unpaired) electrons. The zero-order valence-corrected chi connectivity index (χ0v) is 17.9. The average Bonchev–Trinajstić information content (AvgIpc) is 2.69. The molecular weight excluding hydrogens is 384 g/mol. The summed E-state index contributed by atoms with van der Waals surface area (Å²) in [6.45, 7) is 2.58. The van der Waals surface area contributed by atoms with Crippen LogP contribution in [0, 0.1) is 5.92 Å². The van der Waals surface area contributed by atoms with Gasteiger partial charge in [-0.2, -0.15) is 0 Å². The maximum absolute atomic E-state index is 13.3. The molecule has 30 heavy (non-hydrogen) atoms. The summed E-state index contributed by atoms with van der Waals surface area (Å²) in [6.07, 6.45) is 9.90. The second-order valence-electron chi connectivity index (χ2n) is 8.68. The Morgan fingerprint density at radius 3 is 2.47 bits per heavy atom. The van der Waals surface area contributed by atoms with Gasteiger partial charge in [-0.25, -0.2) is 0 Å². The van der Waals surface area contributed by atoms with E-state index < -0.39 is 29.4 Å². The maximum Gasteiger partial charge on any atom is 0.308 e. The fourth-order valence-corrected chi connectivity index (χ4v) is 4.90. The van der Waals surface area contributed by atoms with Gasteiger partial charge >= 0.3 is 5.97 Å². The van der Waals surface area contributed by atoms with E-state index in [0.29, 0.717) is 31.4 Å². The molecule has 3 rings (SSSR count). The predicted molar refractivity (Wildman–Crippen MR) is 114 cm³/mol. The van der Waals surface area contributed by atoms with Crippen LogP contribution in [-0.4, -0.2) is 32.7 Å². The fraction of sp³-hybridized carbons (Fsp3) is 0.696. The van der Waals surface area contributed by atoms with E-state index in [-0.39, 0.29) is 11.3 Å². The summed E-state index contributed by atoms with van der Waals surface area (Å²) >= 11 is 0. The van der Waals surface area contributed by atoms with Crippen molar-refractivity contribution >= 4 is 11.9 Å². The Balaban J connectivity index is 2.00. The molecule has 0 saturated heterocycles. The Morgan fingerprint density at radius 1 is 1.07 bits per heavy atom. The van der Waals surface area contributed by atoms with Crippen molar-refractivity contribution in [1.29, 1.82) is 0 Å². The van der Waals surface area contributed by atoms with Crippen molar-refractivity contribution in [3.05, 3.63) is 27.2 Å². The molecule has 0 aromatic carbocycles. The molecule has 0 spiro atoms. The highest BCUT2D eigenvalue weighted by Gasteiger charge is 2.34. The smallest absolute Gasteiger partial charge is 0.308 e. The molecule has 2 aliphatic rings. The SMILES string of the molecule is CCCCn1c2c(c(O)c(C(=O)NC3CCCCC3C(=O)O)c1=O)CCCCCC2. The summed E-state index contributed by atoms with van der Waals surface area (Å²) in [5, 5.41) is 23.2. The number of aromatic hydroxyl groups is 1. The monoisotopic (exact) mass is 418 g/mol. The minimum atomic E-state index is -0.928. The first-order valence-corrected chi connectivity index (χ1v) is 11.5. The molecule has 1 aromatic rings. The summed E-state index contributed by atoms with van der Waals surface area (Å²) in [7, 11) is 0. The Hall–Kier alpha value is -2.31. The van der Waals surface area contributed by atoms with Crippen molar-refractivity contribution in [2.24, 2.45) is 5.92 Å². The number of carbonyl (C=O) groups is 2. The van der Waals surface area contributed by atoms with E-state index >= 15 is 0 Å². The van der Waals surface area contributed by atoms with Crippen molar-refractivity contribution in [1.82, 2.24) is 9.88 Å². The Morgan fingerprint density at radius 2 is 1.77 bits per heavy atom. The number of carbonyl (C=O) groups excluding carboxylic acids is 1. The summed E-state index contributed by atoms with van der Waals surface area (Å²) in [5.74, 6) is -2.44. The number of nitrogens with zero attached hydrogens (tertiary/aromatic N) is 1. The molecule has 1 amide bonds. The first-order valence-electron chi connectivity index (χ1n) is 11.5. The van der Waals surface area contributed by atoms with Crippen LogP contribution in [0.1, 0.15) is 92.7 Å². The van der Waals surface area contributed by atoms with Gasteiger partial charge in [0.2, 0.25) is 0 Å². The molecule has 1 aromatic heterocycles. The van der Waals surface area contributed by atoms with Gasteiger partial charge < -0.3 is 20.1 Å². The van der Waals surface area contributed by atoms with Crippen LogP contribution in [0.15, 0.2) is 4.79 Å². The van der Waals surface area contributed by atoms with Crippen molar-refractivity contribution in [3.8, 4) is 5.75 Å². The normalized spacial score (nSPS) is 21.9. The summed E-state index contributed by atoms with van der Waals surface area (Å²) in [6, 6.07) is -0.520. The van der Waals surface area contributed by atoms with Gasteiger partial charge in [0.15, 0.2) is 0 Å². The van der Waals surface area contributed by atoms with E-state index in [9.17, 15) is 24.6 Å². The van der Waals surface area contributed by atoms with Gasteiger partial charge in [0.25, 0.3) is 11.5 Å². The minimum absolute atomic E-state index is 0.204. The largest absolute Gasteiger partial charge is 0.507 e. The zero-order valence-electron chi connectivity index (χ0n) is 17.9. The van der Waals surface area contributed by atoms with E-state index in [1.54, 1.807) is 4.57 Å². The molecule has 166 valence electrons. The van der Waals surface area contributed by atoms with Crippen LogP contribution in [0.2, 0.25) is 0 Å². The first kappa shape index (κ1) is 22.4. The number of carboxylic acids is 1. The number of aromatic nitrogens is 1. The molecule has 7 nitrogen and oxygen atoms in total. The van der Waals surface area contributed by atoms with Gasteiger partial charge in [0.1, 0.15) is 11.3 Å². The Labute approximate surface area is 177 Å². The van der Waals surface area contributed by atoms with Crippen LogP contribution in [0.4, 0.5) is 0 Å². The Kier molecular flexibility index (Phi) is 7.56. The highest BCUT2D eigenvalue weighted by Crippen LogP contribution is 2.30. The Bertz CT molecular complexity index is 845. The number of hydrogen-bond acceptors (Lipinski definition) is 4. The fourth-order valence-electron chi connectivity index (χ4n) is 4.90. The molecule has 2 atom stereocenters. The number of rotatable bonds is 6. The molecular formula is C23H34N2O5. The average molecular weight is 419 g/mol. The molecule has 1 saturated carbocycles. The summed E-state index contributed by atoms with van der Waals surface area (Å²) < 4.78 is 1.69. The molecule has 0 aliphatic heterocycles. The van der Waals surface area contributed by atoms with Crippen LogP contribution in [-0.2, 0) is 24.2 Å². The van der Waals surface area contributed by atoms with Gasteiger partial charge in [0, 0.05) is 23.8 Å². The van der Waals surface area contributed by atoms with Crippen LogP contribution >= 0.6 is 0 Å². The topological polar surface area (TPSA) is 109 Å². The molecule has 1 fully saturated rings. The van der Waals surface area contributed by atoms with E-state index in [4.69, 9.17) is 0 Å². The predicted octanol–water partition coefficient (Wildman–Crippen LogP) is 3.39. The number of hydrogen-bond donors (Lipinski definition) is 3. The second kappa shape index (κ2) is 10.1. The van der Waals surface area contributed by atoms with E-state index in [0.717, 1.165) is 63.5 Å². The molecule has 0 bridgehead atoms. The number of carboxylic acid groups (broad SMARTS) is 1. The third kappa shape index (κ3) is 4.71. The van der Waals surface area contributed by atoms with Gasteiger partial charge in [-0.1, -0.05) is 39.0 Å². The quantitative estimate of drug-likeness (QED) is 0.656. The standard InChI is InChI=1S/C23H34N2O5/c1-2-3-14-25-18-13-7-5-4-6-11-16(18)20(26)19(22(25)28)21(27)24-17-12-9-8-10-15(17)23(29)30/h15,17,26H,2-14H2,1H3,(H,24,27)(H,29,30). The van der Waals surface area contributed by atoms with Crippen molar-refractivity contribution in [2.75, 3.05) is 0 Å². The first-order chi connectivity index (χ1) is 14.5. The second-order valence-corrected chi connectivity index (χ2v) is 8.68. The lowest BCUT2D eigenvalue weighted by Gasteiger charge is -2.29. The van der Waals surface area contributed by atoms with Crippen LogP contribution < -0.4 is 10.9 Å².